The fourth-order valence-corrected chi connectivity index (χ4v) is 4.53. The third-order valence-corrected chi connectivity index (χ3v) is 5.98. The summed E-state index contributed by atoms with van der Waals surface area (Å²) in [5.74, 6) is -11.0. The van der Waals surface area contributed by atoms with E-state index >= 15 is 0 Å². The van der Waals surface area contributed by atoms with E-state index in [0.717, 1.165) is 12.1 Å². The number of hydrogen-bond acceptors (Lipinski definition) is 5. The highest BCUT2D eigenvalue weighted by Gasteiger charge is 2.44. The highest BCUT2D eigenvalue weighted by atomic mass is 19.1. The minimum Gasteiger partial charge on any atom is -0.481 e. The molecule has 190 valence electrons. The smallest absolute Gasteiger partial charge is 0.311 e. The van der Waals surface area contributed by atoms with Gasteiger partial charge in [0.15, 0.2) is 0 Å². The lowest BCUT2D eigenvalue weighted by atomic mass is 9.68. The average Bonchev–Trinajstić information content (AvgIpc) is 2.74. The number of carbonyl (C=O) groups is 4. The molecule has 35 heavy (non-hydrogen) atoms. The molecular weight excluding hydrogens is 461 g/mol. The van der Waals surface area contributed by atoms with Crippen LogP contribution in [0.3, 0.4) is 0 Å². The molecule has 2 atom stereocenters. The van der Waals surface area contributed by atoms with Gasteiger partial charge in [0.25, 0.3) is 0 Å². The molecule has 0 spiro atoms. The molecule has 1 aliphatic heterocycles. The third kappa shape index (κ3) is 6.26. The summed E-state index contributed by atoms with van der Waals surface area (Å²) >= 11 is 0. The van der Waals surface area contributed by atoms with Crippen LogP contribution in [0, 0.1) is 29.5 Å². The lowest BCUT2D eigenvalue weighted by molar-refractivity contribution is -0.147. The normalized spacial score (nSPS) is 17.9. The molecule has 2 rings (SSSR count). The Morgan fingerprint density at radius 2 is 1.14 bits per heavy atom. The SMILES string of the molecule is CC(C)C1=C(C(CC(=O)O)C(=O)O)C(c2ccc(F)cc2)C(C(CC(=O)O)C(=O)O)=C(C(C)C)N1. The van der Waals surface area contributed by atoms with Gasteiger partial charge in [-0.05, 0) is 40.7 Å². The van der Waals surface area contributed by atoms with Gasteiger partial charge in [0.05, 0.1) is 24.7 Å². The molecule has 2 unspecified atom stereocenters. The fourth-order valence-electron chi connectivity index (χ4n) is 4.53. The molecule has 0 radical (unpaired) electrons. The van der Waals surface area contributed by atoms with Gasteiger partial charge in [-0.25, -0.2) is 4.39 Å². The van der Waals surface area contributed by atoms with Gasteiger partial charge in [0, 0.05) is 17.3 Å². The van der Waals surface area contributed by atoms with Crippen LogP contribution in [0.2, 0.25) is 0 Å². The first-order valence-electron chi connectivity index (χ1n) is 11.2. The Hall–Kier alpha value is -3.69. The second-order valence-corrected chi connectivity index (χ2v) is 9.13. The lowest BCUT2D eigenvalue weighted by Crippen LogP contribution is -2.39. The molecule has 1 heterocycles. The molecule has 1 aromatic carbocycles. The number of rotatable bonds is 11. The van der Waals surface area contributed by atoms with Gasteiger partial charge < -0.3 is 25.7 Å². The van der Waals surface area contributed by atoms with Crippen LogP contribution in [-0.2, 0) is 19.2 Å². The number of nitrogens with one attached hydrogen (secondary N) is 1. The molecule has 1 aromatic rings. The molecule has 10 heteroatoms. The quantitative estimate of drug-likeness (QED) is 0.311. The number of carboxylic acids is 4. The van der Waals surface area contributed by atoms with Crippen LogP contribution in [0.15, 0.2) is 46.8 Å². The average molecular weight is 492 g/mol. The van der Waals surface area contributed by atoms with Gasteiger partial charge in [-0.3, -0.25) is 19.2 Å². The molecule has 9 nitrogen and oxygen atoms in total. The summed E-state index contributed by atoms with van der Waals surface area (Å²) in [4.78, 5) is 47.9. The second kappa shape index (κ2) is 11.2. The van der Waals surface area contributed by atoms with Crippen LogP contribution in [0.4, 0.5) is 4.39 Å². The van der Waals surface area contributed by atoms with Crippen molar-refractivity contribution in [3.05, 3.63) is 58.2 Å². The number of aliphatic carboxylic acids is 4. The van der Waals surface area contributed by atoms with Gasteiger partial charge in [-0.15, -0.1) is 0 Å². The van der Waals surface area contributed by atoms with Gasteiger partial charge in [-0.2, -0.15) is 0 Å². The molecular formula is C25H30FNO8. The molecule has 0 aromatic heterocycles. The van der Waals surface area contributed by atoms with Crippen molar-refractivity contribution in [1.29, 1.82) is 0 Å². The first-order valence-corrected chi connectivity index (χ1v) is 11.2. The van der Waals surface area contributed by atoms with Crippen molar-refractivity contribution in [1.82, 2.24) is 5.32 Å². The van der Waals surface area contributed by atoms with E-state index in [1.807, 2.05) is 0 Å². The van der Waals surface area contributed by atoms with Gasteiger partial charge in [0.1, 0.15) is 5.82 Å². The standard InChI is InChI=1S/C25H30FNO8/c1-11(2)22-20(15(24(32)33)9-17(28)29)19(13-5-7-14(26)8-6-13)21(23(27-22)12(3)4)16(25(34)35)10-18(30)31/h5-8,11-12,15-16,19,27H,9-10H2,1-4H3,(H,28,29)(H,30,31)(H,32,33)(H,34,35). The molecule has 5 N–H and O–H groups in total. The van der Waals surface area contributed by atoms with Crippen LogP contribution in [0.25, 0.3) is 0 Å². The molecule has 0 fully saturated rings. The highest BCUT2D eigenvalue weighted by Crippen LogP contribution is 2.48. The minimum atomic E-state index is -1.55. The van der Waals surface area contributed by atoms with Gasteiger partial charge >= 0.3 is 23.9 Å². The molecule has 0 saturated heterocycles. The zero-order valence-electron chi connectivity index (χ0n) is 19.9. The monoisotopic (exact) mass is 491 g/mol. The van der Waals surface area contributed by atoms with E-state index in [2.05, 4.69) is 5.32 Å². The predicted molar refractivity (Wildman–Crippen MR) is 123 cm³/mol. The highest BCUT2D eigenvalue weighted by molar-refractivity contribution is 5.84. The minimum absolute atomic E-state index is 0.123. The largest absolute Gasteiger partial charge is 0.481 e. The zero-order valence-corrected chi connectivity index (χ0v) is 19.9. The first-order chi connectivity index (χ1) is 16.3. The Morgan fingerprint density at radius 3 is 1.43 bits per heavy atom. The van der Waals surface area contributed by atoms with Crippen LogP contribution in [0.1, 0.15) is 52.0 Å². The second-order valence-electron chi connectivity index (χ2n) is 9.13. The number of dihydropyridines is 1. The number of allylic oxidation sites excluding steroid dienone is 2. The van der Waals surface area contributed by atoms with E-state index in [4.69, 9.17) is 0 Å². The van der Waals surface area contributed by atoms with Crippen molar-refractivity contribution < 1.29 is 44.0 Å². The number of hydrogen-bond donors (Lipinski definition) is 5. The predicted octanol–water partition coefficient (Wildman–Crippen LogP) is 3.68. The van der Waals surface area contributed by atoms with Gasteiger partial charge in [-0.1, -0.05) is 39.8 Å². The van der Waals surface area contributed by atoms with E-state index in [-0.39, 0.29) is 23.0 Å². The lowest BCUT2D eigenvalue weighted by Gasteiger charge is -2.41. The molecule has 0 amide bonds. The van der Waals surface area contributed by atoms with E-state index in [1.165, 1.54) is 12.1 Å². The van der Waals surface area contributed by atoms with E-state index in [0.29, 0.717) is 17.0 Å². The Labute approximate surface area is 202 Å². The topological polar surface area (TPSA) is 161 Å². The Bertz CT molecular complexity index is 1010. The zero-order chi connectivity index (χ0) is 26.6. The third-order valence-electron chi connectivity index (χ3n) is 5.98. The summed E-state index contributed by atoms with van der Waals surface area (Å²) in [5, 5.41) is 42.1. The maximum atomic E-state index is 13.8. The summed E-state index contributed by atoms with van der Waals surface area (Å²) in [6.07, 6.45) is -1.55. The Kier molecular flexibility index (Phi) is 8.78. The van der Waals surface area contributed by atoms with Crippen molar-refractivity contribution in [2.75, 3.05) is 0 Å². The van der Waals surface area contributed by atoms with Gasteiger partial charge in [0.2, 0.25) is 0 Å². The molecule has 1 aliphatic rings. The van der Waals surface area contributed by atoms with Crippen LogP contribution >= 0.6 is 0 Å². The summed E-state index contributed by atoms with van der Waals surface area (Å²) in [6.45, 7) is 7.11. The van der Waals surface area contributed by atoms with Crippen molar-refractivity contribution in [2.24, 2.45) is 23.7 Å². The molecule has 0 saturated carbocycles. The fraction of sp³-hybridized carbons (Fsp3) is 0.440. The van der Waals surface area contributed by atoms with Crippen molar-refractivity contribution in [3.63, 3.8) is 0 Å². The van der Waals surface area contributed by atoms with Crippen LogP contribution in [-0.4, -0.2) is 44.3 Å². The Balaban J connectivity index is 3.02. The van der Waals surface area contributed by atoms with Crippen LogP contribution in [0.5, 0.6) is 0 Å². The molecule has 0 bridgehead atoms. The number of benzene rings is 1. The number of halogens is 1. The number of carboxylic acid groups (broad SMARTS) is 4. The van der Waals surface area contributed by atoms with Crippen LogP contribution < -0.4 is 5.32 Å². The Morgan fingerprint density at radius 1 is 0.771 bits per heavy atom. The maximum absolute atomic E-state index is 13.8. The van der Waals surface area contributed by atoms with Crippen molar-refractivity contribution in [3.8, 4) is 0 Å². The summed E-state index contributed by atoms with van der Waals surface area (Å²) < 4.78 is 13.8. The van der Waals surface area contributed by atoms with E-state index in [9.17, 15) is 44.0 Å². The van der Waals surface area contributed by atoms with E-state index in [1.54, 1.807) is 27.7 Å². The van der Waals surface area contributed by atoms with E-state index < -0.39 is 60.3 Å². The maximum Gasteiger partial charge on any atom is 0.311 e. The molecule has 0 aliphatic carbocycles. The summed E-state index contributed by atoms with van der Waals surface area (Å²) in [6, 6.07) is 5.02. The van der Waals surface area contributed by atoms with Crippen molar-refractivity contribution in [2.45, 2.75) is 46.5 Å². The first kappa shape index (κ1) is 27.6. The van der Waals surface area contributed by atoms with Crippen molar-refractivity contribution >= 4 is 23.9 Å². The summed E-state index contributed by atoms with van der Waals surface area (Å²) in [7, 11) is 0. The summed E-state index contributed by atoms with van der Waals surface area (Å²) in [5.41, 5.74) is 1.41.